The number of hydrogen-bond acceptors (Lipinski definition) is 5. The summed E-state index contributed by atoms with van der Waals surface area (Å²) < 4.78 is 0. The van der Waals surface area contributed by atoms with E-state index in [1.165, 1.54) is 11.8 Å². The molecule has 0 unspecified atom stereocenters. The largest absolute Gasteiger partial charge is 0.478 e. The highest BCUT2D eigenvalue weighted by molar-refractivity contribution is 8.13. The van der Waals surface area contributed by atoms with E-state index in [1.54, 1.807) is 24.3 Å². The van der Waals surface area contributed by atoms with Gasteiger partial charge < -0.3 is 15.7 Å². The second-order valence-electron chi connectivity index (χ2n) is 7.52. The lowest BCUT2D eigenvalue weighted by atomic mass is 9.96. The zero-order valence-corrected chi connectivity index (χ0v) is 18.8. The molecule has 7 heteroatoms. The maximum absolute atomic E-state index is 13.2. The number of para-hydroxylation sites is 1. The van der Waals surface area contributed by atoms with Gasteiger partial charge in [-0.2, -0.15) is 0 Å². The van der Waals surface area contributed by atoms with Crippen molar-refractivity contribution >= 4 is 34.5 Å². The van der Waals surface area contributed by atoms with Crippen LogP contribution in [0.3, 0.4) is 0 Å². The van der Waals surface area contributed by atoms with Crippen molar-refractivity contribution in [2.24, 2.45) is 4.99 Å². The molecule has 1 amide bonds. The molecule has 1 aliphatic heterocycles. The van der Waals surface area contributed by atoms with Gasteiger partial charge in [-0.05, 0) is 42.3 Å². The number of carbonyl (C=O) groups excluding carboxylic acids is 1. The van der Waals surface area contributed by atoms with Crippen molar-refractivity contribution in [3.63, 3.8) is 0 Å². The second-order valence-corrected chi connectivity index (χ2v) is 8.49. The Hall–Kier alpha value is -3.84. The lowest BCUT2D eigenvalue weighted by Gasteiger charge is -2.26. The first-order valence-corrected chi connectivity index (χ1v) is 11.4. The van der Waals surface area contributed by atoms with Crippen LogP contribution in [0.15, 0.2) is 101 Å². The van der Waals surface area contributed by atoms with E-state index in [4.69, 9.17) is 10.1 Å². The average molecular weight is 458 g/mol. The molecule has 0 aliphatic carbocycles. The number of anilines is 1. The van der Waals surface area contributed by atoms with Crippen LogP contribution in [-0.4, -0.2) is 22.2 Å². The fraction of sp³-hybridized carbons (Fsp3) is 0.115. The number of carbonyl (C=O) groups is 2. The highest BCUT2D eigenvalue weighted by Gasteiger charge is 2.29. The molecule has 3 aromatic carbocycles. The molecule has 0 saturated carbocycles. The highest BCUT2D eigenvalue weighted by Crippen LogP contribution is 2.33. The van der Waals surface area contributed by atoms with Gasteiger partial charge in [-0.1, -0.05) is 72.4 Å². The molecular weight excluding hydrogens is 434 g/mol. The van der Waals surface area contributed by atoms with Crippen LogP contribution in [0.2, 0.25) is 0 Å². The maximum atomic E-state index is 13.2. The fourth-order valence-electron chi connectivity index (χ4n) is 3.51. The number of hydrogen-bond donors (Lipinski definition) is 3. The number of thioether (sulfide) groups is 1. The van der Waals surface area contributed by atoms with Gasteiger partial charge in [0, 0.05) is 17.1 Å². The predicted octanol–water partition coefficient (Wildman–Crippen LogP) is 5.23. The summed E-state index contributed by atoms with van der Waals surface area (Å²) in [5, 5.41) is 16.0. The SMILES string of the molecule is CC1=C(C(=O)Nc2ccccc2)[C@H](c2ccccc2)N=C(SCc2ccc(C(=O)O)cc2)N1. The zero-order valence-electron chi connectivity index (χ0n) is 18.0. The van der Waals surface area contributed by atoms with Crippen LogP contribution in [0.1, 0.15) is 34.5 Å². The van der Waals surface area contributed by atoms with Crippen molar-refractivity contribution in [3.05, 3.63) is 113 Å². The van der Waals surface area contributed by atoms with Crippen molar-refractivity contribution in [1.29, 1.82) is 0 Å². The zero-order chi connectivity index (χ0) is 23.2. The van der Waals surface area contributed by atoms with Crippen molar-refractivity contribution in [2.45, 2.75) is 18.7 Å². The first-order chi connectivity index (χ1) is 16.0. The van der Waals surface area contributed by atoms with E-state index in [1.807, 2.05) is 67.6 Å². The van der Waals surface area contributed by atoms with Gasteiger partial charge in [0.1, 0.15) is 6.04 Å². The predicted molar refractivity (Wildman–Crippen MR) is 132 cm³/mol. The van der Waals surface area contributed by atoms with Gasteiger partial charge >= 0.3 is 5.97 Å². The Balaban J connectivity index is 1.56. The number of carboxylic acids is 1. The number of amides is 1. The van der Waals surface area contributed by atoms with Crippen LogP contribution in [0.4, 0.5) is 5.69 Å². The molecule has 33 heavy (non-hydrogen) atoms. The van der Waals surface area contributed by atoms with Gasteiger partial charge in [0.05, 0.1) is 11.1 Å². The molecule has 1 atom stereocenters. The van der Waals surface area contributed by atoms with E-state index in [9.17, 15) is 9.59 Å². The van der Waals surface area contributed by atoms with Crippen molar-refractivity contribution in [2.75, 3.05) is 5.32 Å². The fourth-order valence-corrected chi connectivity index (χ4v) is 4.41. The number of nitrogens with zero attached hydrogens (tertiary/aromatic N) is 1. The summed E-state index contributed by atoms with van der Waals surface area (Å²) in [5.41, 5.74) is 4.22. The molecule has 0 saturated heterocycles. The Kier molecular flexibility index (Phi) is 6.90. The number of benzene rings is 3. The number of aliphatic imine (C=N–C) groups is 1. The third kappa shape index (κ3) is 5.51. The van der Waals surface area contributed by atoms with E-state index >= 15 is 0 Å². The number of allylic oxidation sites excluding steroid dienone is 1. The van der Waals surface area contributed by atoms with Gasteiger partial charge in [-0.3, -0.25) is 4.79 Å². The molecule has 6 nitrogen and oxygen atoms in total. The van der Waals surface area contributed by atoms with E-state index in [0.717, 1.165) is 22.5 Å². The minimum absolute atomic E-state index is 0.197. The van der Waals surface area contributed by atoms with Crippen LogP contribution < -0.4 is 10.6 Å². The van der Waals surface area contributed by atoms with Crippen LogP contribution >= 0.6 is 11.8 Å². The molecule has 0 spiro atoms. The van der Waals surface area contributed by atoms with E-state index in [0.29, 0.717) is 16.5 Å². The number of aromatic carboxylic acids is 1. The van der Waals surface area contributed by atoms with Gasteiger partial charge in [-0.25, -0.2) is 9.79 Å². The Labute approximate surface area is 196 Å². The second kappa shape index (κ2) is 10.2. The van der Waals surface area contributed by atoms with Gasteiger partial charge in [-0.15, -0.1) is 0 Å². The normalized spacial score (nSPS) is 15.4. The van der Waals surface area contributed by atoms with Crippen LogP contribution in [0, 0.1) is 0 Å². The molecule has 0 radical (unpaired) electrons. The van der Waals surface area contributed by atoms with E-state index < -0.39 is 12.0 Å². The highest BCUT2D eigenvalue weighted by atomic mass is 32.2. The summed E-state index contributed by atoms with van der Waals surface area (Å²) in [4.78, 5) is 29.1. The minimum atomic E-state index is -0.944. The maximum Gasteiger partial charge on any atom is 0.335 e. The number of carboxylic acid groups (broad SMARTS) is 1. The minimum Gasteiger partial charge on any atom is -0.478 e. The van der Waals surface area contributed by atoms with Gasteiger partial charge in [0.2, 0.25) is 0 Å². The first-order valence-electron chi connectivity index (χ1n) is 10.4. The molecule has 0 bridgehead atoms. The molecule has 3 N–H and O–H groups in total. The molecule has 166 valence electrons. The Morgan fingerprint density at radius 3 is 2.24 bits per heavy atom. The number of rotatable bonds is 6. The quantitative estimate of drug-likeness (QED) is 0.471. The van der Waals surface area contributed by atoms with Crippen molar-refractivity contribution in [3.8, 4) is 0 Å². The Bertz CT molecular complexity index is 1210. The van der Waals surface area contributed by atoms with Crippen LogP contribution in [-0.2, 0) is 10.5 Å². The number of nitrogens with one attached hydrogen (secondary N) is 2. The summed E-state index contributed by atoms with van der Waals surface area (Å²) in [7, 11) is 0. The smallest absolute Gasteiger partial charge is 0.335 e. The Morgan fingerprint density at radius 1 is 0.970 bits per heavy atom. The van der Waals surface area contributed by atoms with Gasteiger partial charge in [0.15, 0.2) is 5.17 Å². The molecule has 0 fully saturated rings. The summed E-state index contributed by atoms with van der Waals surface area (Å²) in [6, 6.07) is 25.5. The van der Waals surface area contributed by atoms with E-state index in [-0.39, 0.29) is 11.5 Å². The average Bonchev–Trinajstić information content (AvgIpc) is 2.83. The summed E-state index contributed by atoms with van der Waals surface area (Å²) in [6.45, 7) is 1.88. The third-order valence-corrected chi connectivity index (χ3v) is 6.14. The van der Waals surface area contributed by atoms with Crippen molar-refractivity contribution < 1.29 is 14.7 Å². The Morgan fingerprint density at radius 2 is 1.61 bits per heavy atom. The molecule has 3 aromatic rings. The topological polar surface area (TPSA) is 90.8 Å². The molecular formula is C26H23N3O3S. The molecule has 0 aromatic heterocycles. The molecule has 1 heterocycles. The monoisotopic (exact) mass is 457 g/mol. The lowest BCUT2D eigenvalue weighted by molar-refractivity contribution is -0.113. The lowest BCUT2D eigenvalue weighted by Crippen LogP contribution is -2.32. The van der Waals surface area contributed by atoms with Crippen LogP contribution in [0.5, 0.6) is 0 Å². The first kappa shape index (κ1) is 22.4. The van der Waals surface area contributed by atoms with E-state index in [2.05, 4.69) is 10.6 Å². The number of amidine groups is 1. The summed E-state index contributed by atoms with van der Waals surface area (Å²) in [6.07, 6.45) is 0. The molecule has 1 aliphatic rings. The van der Waals surface area contributed by atoms with Crippen molar-refractivity contribution in [1.82, 2.24) is 5.32 Å². The van der Waals surface area contributed by atoms with Crippen LogP contribution in [0.25, 0.3) is 0 Å². The van der Waals surface area contributed by atoms with Gasteiger partial charge in [0.25, 0.3) is 5.91 Å². The third-order valence-electron chi connectivity index (χ3n) is 5.19. The summed E-state index contributed by atoms with van der Waals surface area (Å²) in [5.74, 6) is -0.524. The summed E-state index contributed by atoms with van der Waals surface area (Å²) >= 11 is 1.51. The molecule has 4 rings (SSSR count). The standard InChI is InChI=1S/C26H23N3O3S/c1-17-22(24(30)28-21-10-6-3-7-11-21)23(19-8-4-2-5-9-19)29-26(27-17)33-16-18-12-14-20(15-13-18)25(31)32/h2-15,23H,16H2,1H3,(H,27,29)(H,28,30)(H,31,32)/t23-/m0/s1.